The van der Waals surface area contributed by atoms with Crippen molar-refractivity contribution in [3.63, 3.8) is 0 Å². The molecule has 0 bridgehead atoms. The van der Waals surface area contributed by atoms with E-state index in [9.17, 15) is 0 Å². The molecule has 1 N–H and O–H groups in total. The van der Waals surface area contributed by atoms with Crippen molar-refractivity contribution in [2.45, 2.75) is 25.8 Å². The van der Waals surface area contributed by atoms with E-state index in [1.165, 1.54) is 11.1 Å². The van der Waals surface area contributed by atoms with Gasteiger partial charge in [0.2, 0.25) is 0 Å². The number of methoxy groups -OCH3 is 1. The maximum Gasteiger partial charge on any atom is 0.118 e. The summed E-state index contributed by atoms with van der Waals surface area (Å²) in [5.41, 5.74) is 2.73. The summed E-state index contributed by atoms with van der Waals surface area (Å²) in [4.78, 5) is 0. The Labute approximate surface area is 115 Å². The van der Waals surface area contributed by atoms with Gasteiger partial charge >= 0.3 is 0 Å². The highest BCUT2D eigenvalue weighted by atomic mass is 16.5. The lowest BCUT2D eigenvalue weighted by molar-refractivity contribution is 0.0770. The summed E-state index contributed by atoms with van der Waals surface area (Å²) in [6.45, 7) is 4.83. The molecule has 1 saturated heterocycles. The molecule has 1 aliphatic rings. The normalized spacial score (nSPS) is 20.3. The van der Waals surface area contributed by atoms with E-state index in [-0.39, 0.29) is 0 Å². The summed E-state index contributed by atoms with van der Waals surface area (Å²) in [7, 11) is 1.69. The van der Waals surface area contributed by atoms with Crippen LogP contribution in [0.1, 0.15) is 18.9 Å². The van der Waals surface area contributed by atoms with Gasteiger partial charge in [0.1, 0.15) is 5.75 Å². The third-order valence-corrected chi connectivity index (χ3v) is 3.41. The molecule has 0 aliphatic carbocycles. The molecular weight excluding hydrogens is 238 g/mol. The molecule has 1 fully saturated rings. The van der Waals surface area contributed by atoms with E-state index in [4.69, 9.17) is 9.47 Å². The minimum absolute atomic E-state index is 0.473. The first-order valence-corrected chi connectivity index (χ1v) is 6.87. The summed E-state index contributed by atoms with van der Waals surface area (Å²) >= 11 is 0. The number of nitrogens with one attached hydrogen (secondary N) is 1. The number of benzene rings is 1. The maximum atomic E-state index is 5.47. The molecule has 1 aromatic carbocycles. The monoisotopic (exact) mass is 261 g/mol. The molecule has 1 aliphatic heterocycles. The van der Waals surface area contributed by atoms with Gasteiger partial charge in [-0.15, -0.1) is 0 Å². The van der Waals surface area contributed by atoms with Crippen LogP contribution in [-0.4, -0.2) is 32.9 Å². The fourth-order valence-corrected chi connectivity index (χ4v) is 2.28. The first kappa shape index (κ1) is 14.1. The molecule has 0 amide bonds. The number of hydrogen-bond acceptors (Lipinski definition) is 3. The van der Waals surface area contributed by atoms with E-state index < -0.39 is 0 Å². The summed E-state index contributed by atoms with van der Waals surface area (Å²) in [5, 5.41) is 3.48. The lowest BCUT2D eigenvalue weighted by atomic mass is 10.0. The highest BCUT2D eigenvalue weighted by Crippen LogP contribution is 2.14. The van der Waals surface area contributed by atoms with Gasteiger partial charge in [-0.2, -0.15) is 0 Å². The number of morpholine rings is 1. The Hall–Kier alpha value is -1.32. The van der Waals surface area contributed by atoms with Gasteiger partial charge in [0.05, 0.1) is 20.3 Å². The van der Waals surface area contributed by atoms with Gasteiger partial charge in [0.15, 0.2) is 0 Å². The molecular formula is C16H23NO2. The molecule has 0 aromatic heterocycles. The lowest BCUT2D eigenvalue weighted by Crippen LogP contribution is -2.41. The fraction of sp³-hybridized carbons (Fsp3) is 0.500. The highest BCUT2D eigenvalue weighted by molar-refractivity contribution is 5.28. The van der Waals surface area contributed by atoms with Crippen LogP contribution < -0.4 is 10.1 Å². The van der Waals surface area contributed by atoms with Crippen molar-refractivity contribution >= 4 is 0 Å². The summed E-state index contributed by atoms with van der Waals surface area (Å²) in [6.07, 6.45) is 4.34. The van der Waals surface area contributed by atoms with E-state index in [1.807, 2.05) is 12.1 Å². The summed E-state index contributed by atoms with van der Waals surface area (Å²) in [6, 6.07) is 8.72. The van der Waals surface area contributed by atoms with Crippen LogP contribution in [0.4, 0.5) is 0 Å². The Balaban J connectivity index is 1.82. The van der Waals surface area contributed by atoms with Crippen molar-refractivity contribution in [2.75, 3.05) is 26.9 Å². The first-order valence-electron chi connectivity index (χ1n) is 6.87. The van der Waals surface area contributed by atoms with Crippen molar-refractivity contribution in [1.82, 2.24) is 5.32 Å². The van der Waals surface area contributed by atoms with Crippen molar-refractivity contribution in [1.29, 1.82) is 0 Å². The molecule has 1 heterocycles. The highest BCUT2D eigenvalue weighted by Gasteiger charge is 2.12. The second-order valence-electron chi connectivity index (χ2n) is 5.03. The third-order valence-electron chi connectivity index (χ3n) is 3.41. The van der Waals surface area contributed by atoms with Crippen molar-refractivity contribution in [2.24, 2.45) is 0 Å². The zero-order valence-electron chi connectivity index (χ0n) is 11.8. The Morgan fingerprint density at radius 3 is 2.84 bits per heavy atom. The zero-order valence-corrected chi connectivity index (χ0v) is 11.8. The summed E-state index contributed by atoms with van der Waals surface area (Å²) < 4.78 is 10.6. The predicted molar refractivity (Wildman–Crippen MR) is 77.7 cm³/mol. The van der Waals surface area contributed by atoms with Crippen LogP contribution in [0.5, 0.6) is 5.75 Å². The van der Waals surface area contributed by atoms with Crippen LogP contribution >= 0.6 is 0 Å². The average Bonchev–Trinajstić information content (AvgIpc) is 2.47. The third kappa shape index (κ3) is 4.69. The Kier molecular flexibility index (Phi) is 5.43. The maximum absolute atomic E-state index is 5.47. The number of allylic oxidation sites excluding steroid dienone is 1. The number of ether oxygens (including phenoxy) is 2. The molecule has 1 unspecified atom stereocenters. The van der Waals surface area contributed by atoms with Crippen LogP contribution in [-0.2, 0) is 11.2 Å². The average molecular weight is 261 g/mol. The number of rotatable bonds is 5. The molecule has 0 radical (unpaired) electrons. The second kappa shape index (κ2) is 7.31. The minimum Gasteiger partial charge on any atom is -0.497 e. The SMILES string of the molecule is COc1ccc(C/C=C(/C)CC2COCCN2)cc1. The smallest absolute Gasteiger partial charge is 0.118 e. The van der Waals surface area contributed by atoms with Gasteiger partial charge in [-0.25, -0.2) is 0 Å². The molecule has 104 valence electrons. The van der Waals surface area contributed by atoms with Crippen LogP contribution in [0.3, 0.4) is 0 Å². The molecule has 3 nitrogen and oxygen atoms in total. The van der Waals surface area contributed by atoms with Gasteiger partial charge in [-0.1, -0.05) is 23.8 Å². The largest absolute Gasteiger partial charge is 0.497 e. The van der Waals surface area contributed by atoms with Crippen LogP contribution in [0.25, 0.3) is 0 Å². The van der Waals surface area contributed by atoms with Crippen molar-refractivity contribution < 1.29 is 9.47 Å². The Morgan fingerprint density at radius 2 is 2.21 bits per heavy atom. The van der Waals surface area contributed by atoms with E-state index in [2.05, 4.69) is 30.4 Å². The molecule has 0 saturated carbocycles. The Morgan fingerprint density at radius 1 is 1.42 bits per heavy atom. The molecule has 19 heavy (non-hydrogen) atoms. The van der Waals surface area contributed by atoms with Crippen LogP contribution in [0.2, 0.25) is 0 Å². The van der Waals surface area contributed by atoms with Crippen molar-refractivity contribution in [3.05, 3.63) is 41.5 Å². The second-order valence-corrected chi connectivity index (χ2v) is 5.03. The van der Waals surface area contributed by atoms with Crippen molar-refractivity contribution in [3.8, 4) is 5.75 Å². The van der Waals surface area contributed by atoms with Gasteiger partial charge in [0, 0.05) is 12.6 Å². The standard InChI is InChI=1S/C16H23NO2/c1-13(11-15-12-19-10-9-17-15)3-4-14-5-7-16(18-2)8-6-14/h3,5-8,15,17H,4,9-12H2,1-2H3/b13-3-. The fourth-order valence-electron chi connectivity index (χ4n) is 2.28. The first-order chi connectivity index (χ1) is 9.28. The molecule has 1 atom stereocenters. The van der Waals surface area contributed by atoms with Crippen LogP contribution in [0.15, 0.2) is 35.9 Å². The molecule has 0 spiro atoms. The lowest BCUT2D eigenvalue weighted by Gasteiger charge is -2.24. The van der Waals surface area contributed by atoms with E-state index in [0.29, 0.717) is 6.04 Å². The summed E-state index contributed by atoms with van der Waals surface area (Å²) in [5.74, 6) is 0.910. The molecule has 2 rings (SSSR count). The van der Waals surface area contributed by atoms with Crippen LogP contribution in [0, 0.1) is 0 Å². The minimum atomic E-state index is 0.473. The zero-order chi connectivity index (χ0) is 13.5. The van der Waals surface area contributed by atoms with Gasteiger partial charge in [0.25, 0.3) is 0 Å². The van der Waals surface area contributed by atoms with Gasteiger partial charge in [-0.3, -0.25) is 0 Å². The molecule has 3 heteroatoms. The van der Waals surface area contributed by atoms with E-state index in [1.54, 1.807) is 7.11 Å². The van der Waals surface area contributed by atoms with Gasteiger partial charge in [-0.05, 0) is 37.5 Å². The number of hydrogen-bond donors (Lipinski definition) is 1. The Bertz CT molecular complexity index is 405. The molecule has 1 aromatic rings. The van der Waals surface area contributed by atoms with E-state index >= 15 is 0 Å². The quantitative estimate of drug-likeness (QED) is 0.826. The van der Waals surface area contributed by atoms with E-state index in [0.717, 1.165) is 38.3 Å². The topological polar surface area (TPSA) is 30.5 Å². The van der Waals surface area contributed by atoms with Gasteiger partial charge < -0.3 is 14.8 Å². The predicted octanol–water partition coefficient (Wildman–Crippen LogP) is 2.56.